The molecule has 0 aliphatic heterocycles. The number of benzene rings is 10. The van der Waals surface area contributed by atoms with Crippen molar-refractivity contribution in [3.63, 3.8) is 0 Å². The molecule has 7 heteroatoms. The molecule has 0 amide bonds. The normalized spacial score (nSPS) is 11.5. The van der Waals surface area contributed by atoms with Gasteiger partial charge in [0.05, 0.1) is 33.1 Å². The number of rotatable bonds is 3. The zero-order valence-corrected chi connectivity index (χ0v) is 39.6. The molecule has 0 saturated heterocycles. The van der Waals surface area contributed by atoms with Crippen LogP contribution in [0.15, 0.2) is 231 Å². The molecule has 0 aliphatic carbocycles. The van der Waals surface area contributed by atoms with Crippen molar-refractivity contribution in [2.75, 3.05) is 0 Å². The average molecular weight is 1010 g/mol. The molecule has 4 heterocycles. The van der Waals surface area contributed by atoms with Crippen LogP contribution >= 0.6 is 45.8 Å². The van der Waals surface area contributed by atoms with Gasteiger partial charge in [-0.15, -0.1) is 0 Å². The fourth-order valence-corrected chi connectivity index (χ4v) is 10.5. The van der Waals surface area contributed by atoms with E-state index in [0.717, 1.165) is 43.4 Å². The van der Waals surface area contributed by atoms with Gasteiger partial charge in [0.15, 0.2) is 0 Å². The molecule has 0 fully saturated rings. The van der Waals surface area contributed by atoms with Gasteiger partial charge >= 0.3 is 0 Å². The van der Waals surface area contributed by atoms with Crippen LogP contribution in [0, 0.1) is 3.57 Å². The van der Waals surface area contributed by atoms with Crippen molar-refractivity contribution in [3.8, 4) is 17.1 Å². The first-order valence-electron chi connectivity index (χ1n) is 22.2. The second-order valence-electron chi connectivity index (χ2n) is 16.6. The number of nitrogens with one attached hydrogen (secondary N) is 1. The van der Waals surface area contributed by atoms with E-state index in [1.807, 2.05) is 42.5 Å². The van der Waals surface area contributed by atoms with E-state index in [-0.39, 0.29) is 0 Å². The molecule has 0 radical (unpaired) electrons. The van der Waals surface area contributed by atoms with Crippen LogP contribution in [0.4, 0.5) is 0 Å². The molecule has 0 aliphatic rings. The monoisotopic (exact) mass is 1010 g/mol. The molecule has 0 unspecified atom stereocenters. The summed E-state index contributed by atoms with van der Waals surface area (Å²) >= 11 is 15.0. The van der Waals surface area contributed by atoms with E-state index < -0.39 is 0 Å². The smallest absolute Gasteiger partial charge is 0.0562 e. The SMILES string of the molecule is Clc1ccc2[nH]c3cc4c(cc3c2c1)c1ccccc1n4-c1ccccc1.Clc1ccc2c(c1)c1cc3c4ccccc4n(-c4ccccc4)c3cc1n2-c1ccccc1.Ic1ccccc1. The zero-order chi connectivity index (χ0) is 45.0. The summed E-state index contributed by atoms with van der Waals surface area (Å²) in [6, 6.07) is 80.5. The molecule has 0 spiro atoms. The van der Waals surface area contributed by atoms with Gasteiger partial charge in [-0.05, 0) is 144 Å². The number of aromatic amines is 1. The topological polar surface area (TPSA) is 30.6 Å². The maximum absolute atomic E-state index is 6.46. The third-order valence-electron chi connectivity index (χ3n) is 12.6. The van der Waals surface area contributed by atoms with Crippen molar-refractivity contribution in [1.82, 2.24) is 18.7 Å². The number of fused-ring (bicyclic) bond motifs is 12. The summed E-state index contributed by atoms with van der Waals surface area (Å²) in [4.78, 5) is 3.55. The molecule has 10 aromatic carbocycles. The highest BCUT2D eigenvalue weighted by atomic mass is 127. The molecular formula is C60H39Cl2IN4. The highest BCUT2D eigenvalue weighted by Gasteiger charge is 2.19. The Kier molecular flexibility index (Phi) is 10.5. The molecule has 4 aromatic heterocycles. The number of hydrogen-bond acceptors (Lipinski definition) is 0. The van der Waals surface area contributed by atoms with Gasteiger partial charge in [0.1, 0.15) is 0 Å². The summed E-state index contributed by atoms with van der Waals surface area (Å²) in [5, 5.41) is 11.3. The average Bonchev–Trinajstić information content (AvgIpc) is 4.09. The second kappa shape index (κ2) is 17.2. The third-order valence-corrected chi connectivity index (χ3v) is 13.8. The summed E-state index contributed by atoms with van der Waals surface area (Å²) in [6.07, 6.45) is 0. The molecule has 0 atom stereocenters. The van der Waals surface area contributed by atoms with Crippen LogP contribution in [-0.2, 0) is 0 Å². The Morgan fingerprint density at radius 3 is 1.16 bits per heavy atom. The number of para-hydroxylation sites is 5. The summed E-state index contributed by atoms with van der Waals surface area (Å²) in [5.41, 5.74) is 12.9. The Labute approximate surface area is 410 Å². The molecule has 14 aromatic rings. The molecule has 0 bridgehead atoms. The van der Waals surface area contributed by atoms with Gasteiger partial charge in [-0.25, -0.2) is 0 Å². The summed E-state index contributed by atoms with van der Waals surface area (Å²) < 4.78 is 8.33. The van der Waals surface area contributed by atoms with Crippen molar-refractivity contribution in [3.05, 3.63) is 244 Å². The van der Waals surface area contributed by atoms with Gasteiger partial charge in [0.25, 0.3) is 0 Å². The van der Waals surface area contributed by atoms with E-state index in [4.69, 9.17) is 23.2 Å². The Morgan fingerprint density at radius 2 is 0.657 bits per heavy atom. The minimum atomic E-state index is 0.751. The Balaban J connectivity index is 0.000000124. The Hall–Kier alpha value is -7.29. The lowest BCUT2D eigenvalue weighted by molar-refractivity contribution is 1.16. The van der Waals surface area contributed by atoms with Crippen molar-refractivity contribution in [2.24, 2.45) is 0 Å². The maximum atomic E-state index is 6.46. The fraction of sp³-hybridized carbons (Fsp3) is 0. The van der Waals surface area contributed by atoms with E-state index in [2.05, 4.69) is 229 Å². The van der Waals surface area contributed by atoms with E-state index in [9.17, 15) is 0 Å². The third kappa shape index (κ3) is 7.31. The largest absolute Gasteiger partial charge is 0.354 e. The van der Waals surface area contributed by atoms with Crippen LogP contribution in [0.25, 0.3) is 104 Å². The number of H-pyrrole nitrogens is 1. The predicted octanol–water partition coefficient (Wildman–Crippen LogP) is 17.9. The quantitative estimate of drug-likeness (QED) is 0.171. The standard InChI is InChI=1S/C30H19ClN2.C24H15ClN2.C6H5I/c31-20-15-16-28-24(17-20)26-18-25-23-13-7-8-14-27(23)32(21-9-3-1-4-10-21)29(25)19-30(26)33(28)22-11-5-2-6-12-22;25-15-10-11-21-18(12-15)19-13-20-17-8-4-5-9-23(17)27(16-6-2-1-3-7-16)24(20)14-22(19)26-21;7-6-4-2-1-3-5-6/h1-19H;1-14,26H;1-5H. The van der Waals surface area contributed by atoms with Crippen LogP contribution in [-0.4, -0.2) is 18.7 Å². The highest BCUT2D eigenvalue weighted by molar-refractivity contribution is 14.1. The minimum absolute atomic E-state index is 0.751. The van der Waals surface area contributed by atoms with Crippen molar-refractivity contribution in [2.45, 2.75) is 0 Å². The van der Waals surface area contributed by atoms with Crippen molar-refractivity contribution >= 4 is 133 Å². The minimum Gasteiger partial charge on any atom is -0.354 e. The number of nitrogens with zero attached hydrogens (tertiary/aromatic N) is 3. The van der Waals surface area contributed by atoms with Gasteiger partial charge in [0.2, 0.25) is 0 Å². The summed E-state index contributed by atoms with van der Waals surface area (Å²) in [6.45, 7) is 0. The molecule has 0 saturated carbocycles. The van der Waals surface area contributed by atoms with Crippen LogP contribution in [0.5, 0.6) is 0 Å². The van der Waals surface area contributed by atoms with E-state index >= 15 is 0 Å². The summed E-state index contributed by atoms with van der Waals surface area (Å²) in [7, 11) is 0. The van der Waals surface area contributed by atoms with Gasteiger partial charge in [0, 0.05) is 84.8 Å². The number of hydrogen-bond donors (Lipinski definition) is 1. The predicted molar refractivity (Wildman–Crippen MR) is 294 cm³/mol. The van der Waals surface area contributed by atoms with Gasteiger partial charge in [-0.3, -0.25) is 0 Å². The molecule has 14 rings (SSSR count). The lowest BCUT2D eigenvalue weighted by atomic mass is 10.1. The van der Waals surface area contributed by atoms with Crippen molar-refractivity contribution < 1.29 is 0 Å². The Bertz CT molecular complexity index is 4120. The molecule has 67 heavy (non-hydrogen) atoms. The van der Waals surface area contributed by atoms with E-state index in [1.54, 1.807) is 0 Å². The van der Waals surface area contributed by atoms with Crippen LogP contribution in [0.2, 0.25) is 10.0 Å². The van der Waals surface area contributed by atoms with E-state index in [0.29, 0.717) is 0 Å². The Morgan fingerprint density at radius 1 is 0.284 bits per heavy atom. The van der Waals surface area contributed by atoms with Gasteiger partial charge < -0.3 is 18.7 Å². The molecule has 1 N–H and O–H groups in total. The van der Waals surface area contributed by atoms with Gasteiger partial charge in [-0.1, -0.05) is 132 Å². The van der Waals surface area contributed by atoms with Crippen molar-refractivity contribution in [1.29, 1.82) is 0 Å². The second-order valence-corrected chi connectivity index (χ2v) is 18.7. The van der Waals surface area contributed by atoms with Crippen LogP contribution in [0.1, 0.15) is 0 Å². The lowest BCUT2D eigenvalue weighted by Gasteiger charge is -2.10. The zero-order valence-electron chi connectivity index (χ0n) is 35.9. The number of aromatic nitrogens is 4. The molecule has 320 valence electrons. The maximum Gasteiger partial charge on any atom is 0.0562 e. The first-order valence-corrected chi connectivity index (χ1v) is 24.0. The fourth-order valence-electron chi connectivity index (χ4n) is 9.77. The van der Waals surface area contributed by atoms with Gasteiger partial charge in [-0.2, -0.15) is 0 Å². The number of halogens is 3. The summed E-state index contributed by atoms with van der Waals surface area (Å²) in [5.74, 6) is 0. The van der Waals surface area contributed by atoms with E-state index in [1.165, 1.54) is 74.5 Å². The molecule has 4 nitrogen and oxygen atoms in total. The van der Waals surface area contributed by atoms with Crippen LogP contribution in [0.3, 0.4) is 0 Å². The molecular weight excluding hydrogens is 974 g/mol. The van der Waals surface area contributed by atoms with Crippen LogP contribution < -0.4 is 0 Å². The lowest BCUT2D eigenvalue weighted by Crippen LogP contribution is -1.95. The highest BCUT2D eigenvalue weighted by Crippen LogP contribution is 2.41. The first-order chi connectivity index (χ1) is 33.0. The first kappa shape index (κ1) is 41.2.